The molecule has 116 valence electrons. The number of hydrogen-bond donors (Lipinski definition) is 3. The normalized spacial score (nSPS) is 20.1. The summed E-state index contributed by atoms with van der Waals surface area (Å²) in [6.07, 6.45) is 2.86. The standard InChI is InChI=1S/C16H25N3O2/c1-12(17)14-4-6-15(7-5-14)18-16(21)19-9-2-3-13(11-19)8-10-20/h4-7,12-13,20H,2-3,8-11,17H2,1H3,(H,18,21). The number of nitrogens with two attached hydrogens (primary N) is 1. The lowest BCUT2D eigenvalue weighted by Gasteiger charge is -2.32. The van der Waals surface area contributed by atoms with Crippen molar-refractivity contribution >= 4 is 11.7 Å². The molecule has 1 aromatic carbocycles. The molecule has 0 aliphatic carbocycles. The lowest BCUT2D eigenvalue weighted by Crippen LogP contribution is -2.42. The van der Waals surface area contributed by atoms with E-state index < -0.39 is 0 Å². The summed E-state index contributed by atoms with van der Waals surface area (Å²) in [6, 6.07) is 7.57. The van der Waals surface area contributed by atoms with Crippen molar-refractivity contribution in [2.24, 2.45) is 11.7 Å². The first-order valence-corrected chi connectivity index (χ1v) is 7.62. The van der Waals surface area contributed by atoms with Crippen LogP contribution in [-0.4, -0.2) is 35.7 Å². The van der Waals surface area contributed by atoms with Gasteiger partial charge in [-0.15, -0.1) is 0 Å². The van der Waals surface area contributed by atoms with Gasteiger partial charge in [0.05, 0.1) is 0 Å². The highest BCUT2D eigenvalue weighted by Gasteiger charge is 2.23. The zero-order chi connectivity index (χ0) is 15.2. The highest BCUT2D eigenvalue weighted by Crippen LogP contribution is 2.20. The van der Waals surface area contributed by atoms with E-state index in [2.05, 4.69) is 5.32 Å². The van der Waals surface area contributed by atoms with Gasteiger partial charge in [-0.05, 0) is 49.8 Å². The second-order valence-electron chi connectivity index (χ2n) is 5.81. The zero-order valence-corrected chi connectivity index (χ0v) is 12.6. The highest BCUT2D eigenvalue weighted by atomic mass is 16.3. The summed E-state index contributed by atoms with van der Waals surface area (Å²) in [7, 11) is 0. The molecule has 0 bridgehead atoms. The van der Waals surface area contributed by atoms with Crippen LogP contribution in [0, 0.1) is 5.92 Å². The lowest BCUT2D eigenvalue weighted by molar-refractivity contribution is 0.159. The van der Waals surface area contributed by atoms with E-state index in [1.807, 2.05) is 36.1 Å². The Balaban J connectivity index is 1.91. The zero-order valence-electron chi connectivity index (χ0n) is 12.6. The average molecular weight is 291 g/mol. The Labute approximate surface area is 126 Å². The van der Waals surface area contributed by atoms with Crippen molar-refractivity contribution in [3.63, 3.8) is 0 Å². The van der Waals surface area contributed by atoms with Gasteiger partial charge in [0.1, 0.15) is 0 Å². The molecule has 2 amide bonds. The number of likely N-dealkylation sites (tertiary alicyclic amines) is 1. The van der Waals surface area contributed by atoms with Gasteiger partial charge >= 0.3 is 6.03 Å². The van der Waals surface area contributed by atoms with Gasteiger partial charge in [0, 0.05) is 31.4 Å². The van der Waals surface area contributed by atoms with Crippen molar-refractivity contribution in [2.45, 2.75) is 32.2 Å². The topological polar surface area (TPSA) is 78.6 Å². The van der Waals surface area contributed by atoms with Crippen LogP contribution in [0.2, 0.25) is 0 Å². The molecule has 1 aliphatic rings. The number of nitrogens with one attached hydrogen (secondary N) is 1. The van der Waals surface area contributed by atoms with Crippen LogP contribution in [-0.2, 0) is 0 Å². The molecule has 1 fully saturated rings. The molecule has 2 atom stereocenters. The van der Waals surface area contributed by atoms with E-state index in [1.54, 1.807) is 0 Å². The van der Waals surface area contributed by atoms with Gasteiger partial charge < -0.3 is 21.1 Å². The molecule has 2 rings (SSSR count). The average Bonchev–Trinajstić information content (AvgIpc) is 2.48. The fourth-order valence-corrected chi connectivity index (χ4v) is 2.74. The Morgan fingerprint density at radius 3 is 2.81 bits per heavy atom. The van der Waals surface area contributed by atoms with Crippen LogP contribution in [0.4, 0.5) is 10.5 Å². The van der Waals surface area contributed by atoms with Crippen LogP contribution < -0.4 is 11.1 Å². The van der Waals surface area contributed by atoms with Crippen LogP contribution in [0.25, 0.3) is 0 Å². The van der Waals surface area contributed by atoms with E-state index in [0.717, 1.165) is 43.6 Å². The monoisotopic (exact) mass is 291 g/mol. The molecule has 4 N–H and O–H groups in total. The minimum absolute atomic E-state index is 0.00362. The summed E-state index contributed by atoms with van der Waals surface area (Å²) in [5.74, 6) is 0.412. The van der Waals surface area contributed by atoms with Gasteiger partial charge in [-0.25, -0.2) is 4.79 Å². The number of piperidine rings is 1. The third-order valence-electron chi connectivity index (χ3n) is 4.03. The maximum Gasteiger partial charge on any atom is 0.321 e. The molecule has 1 aliphatic heterocycles. The number of anilines is 1. The Hall–Kier alpha value is -1.59. The van der Waals surface area contributed by atoms with E-state index in [9.17, 15) is 4.79 Å². The molecular weight excluding hydrogens is 266 g/mol. The third kappa shape index (κ3) is 4.44. The highest BCUT2D eigenvalue weighted by molar-refractivity contribution is 5.89. The predicted octanol–water partition coefficient (Wildman–Crippen LogP) is 2.33. The Bertz CT molecular complexity index is 457. The number of carbonyl (C=O) groups excluding carboxylic acids is 1. The van der Waals surface area contributed by atoms with E-state index in [0.29, 0.717) is 5.92 Å². The van der Waals surface area contributed by atoms with E-state index in [-0.39, 0.29) is 18.7 Å². The third-order valence-corrected chi connectivity index (χ3v) is 4.03. The number of amides is 2. The number of hydrogen-bond acceptors (Lipinski definition) is 3. The Kier molecular flexibility index (Phi) is 5.59. The molecule has 0 aromatic heterocycles. The molecule has 1 aromatic rings. The summed E-state index contributed by atoms with van der Waals surface area (Å²) < 4.78 is 0. The smallest absolute Gasteiger partial charge is 0.321 e. The second-order valence-corrected chi connectivity index (χ2v) is 5.81. The predicted molar refractivity (Wildman–Crippen MR) is 84.1 cm³/mol. The van der Waals surface area contributed by atoms with Gasteiger partial charge in [-0.1, -0.05) is 12.1 Å². The maximum atomic E-state index is 12.3. The summed E-state index contributed by atoms with van der Waals surface area (Å²) >= 11 is 0. The van der Waals surface area contributed by atoms with E-state index >= 15 is 0 Å². The number of nitrogens with zero attached hydrogens (tertiary/aromatic N) is 1. The van der Waals surface area contributed by atoms with Crippen molar-refractivity contribution in [3.05, 3.63) is 29.8 Å². The number of aliphatic hydroxyl groups excluding tert-OH is 1. The van der Waals surface area contributed by atoms with Crippen LogP contribution in [0.5, 0.6) is 0 Å². The first kappa shape index (κ1) is 15.8. The Morgan fingerprint density at radius 2 is 2.19 bits per heavy atom. The molecule has 0 spiro atoms. The Morgan fingerprint density at radius 1 is 1.48 bits per heavy atom. The molecular formula is C16H25N3O2. The van der Waals surface area contributed by atoms with Crippen LogP contribution in [0.15, 0.2) is 24.3 Å². The van der Waals surface area contributed by atoms with Gasteiger partial charge in [0.2, 0.25) is 0 Å². The quantitative estimate of drug-likeness (QED) is 0.796. The second kappa shape index (κ2) is 7.43. The fraction of sp³-hybridized carbons (Fsp3) is 0.562. The van der Waals surface area contributed by atoms with E-state index in [1.165, 1.54) is 0 Å². The lowest BCUT2D eigenvalue weighted by atomic mass is 9.95. The number of aliphatic hydroxyl groups is 1. The molecule has 5 heteroatoms. The largest absolute Gasteiger partial charge is 0.396 e. The van der Waals surface area contributed by atoms with Crippen molar-refractivity contribution in [3.8, 4) is 0 Å². The number of rotatable bonds is 4. The van der Waals surface area contributed by atoms with Gasteiger partial charge in [0.25, 0.3) is 0 Å². The van der Waals surface area contributed by atoms with Gasteiger partial charge in [-0.2, -0.15) is 0 Å². The minimum atomic E-state index is -0.0637. The van der Waals surface area contributed by atoms with Crippen molar-refractivity contribution in [1.82, 2.24) is 4.90 Å². The molecule has 0 radical (unpaired) electrons. The van der Waals surface area contributed by atoms with Gasteiger partial charge in [-0.3, -0.25) is 0 Å². The molecule has 2 unspecified atom stereocenters. The van der Waals surface area contributed by atoms with Crippen LogP contribution in [0.3, 0.4) is 0 Å². The van der Waals surface area contributed by atoms with Crippen molar-refractivity contribution in [2.75, 3.05) is 25.0 Å². The molecule has 1 saturated heterocycles. The number of urea groups is 1. The molecule has 21 heavy (non-hydrogen) atoms. The van der Waals surface area contributed by atoms with Crippen molar-refractivity contribution in [1.29, 1.82) is 0 Å². The first-order valence-electron chi connectivity index (χ1n) is 7.62. The van der Waals surface area contributed by atoms with Gasteiger partial charge in [0.15, 0.2) is 0 Å². The summed E-state index contributed by atoms with van der Waals surface area (Å²) in [5.41, 5.74) is 7.65. The molecule has 1 heterocycles. The molecule has 0 saturated carbocycles. The van der Waals surface area contributed by atoms with Crippen molar-refractivity contribution < 1.29 is 9.90 Å². The fourth-order valence-electron chi connectivity index (χ4n) is 2.74. The van der Waals surface area contributed by atoms with E-state index in [4.69, 9.17) is 10.8 Å². The maximum absolute atomic E-state index is 12.3. The summed E-state index contributed by atoms with van der Waals surface area (Å²) in [4.78, 5) is 14.1. The van der Waals surface area contributed by atoms with Crippen LogP contribution >= 0.6 is 0 Å². The summed E-state index contributed by atoms with van der Waals surface area (Å²) in [6.45, 7) is 3.64. The summed E-state index contributed by atoms with van der Waals surface area (Å²) in [5, 5.41) is 11.9. The molecule has 5 nitrogen and oxygen atoms in total. The minimum Gasteiger partial charge on any atom is -0.396 e. The number of carbonyl (C=O) groups is 1. The number of benzene rings is 1. The first-order chi connectivity index (χ1) is 10.1. The van der Waals surface area contributed by atoms with Crippen LogP contribution in [0.1, 0.15) is 37.8 Å². The SMILES string of the molecule is CC(N)c1ccc(NC(=O)N2CCCC(CCO)C2)cc1.